The minimum Gasteiger partial charge on any atom is -0.495 e. The fraction of sp³-hybridized carbons (Fsp3) is 0.154. The number of hydrogen-bond acceptors (Lipinski definition) is 3. The Morgan fingerprint density at radius 1 is 0.947 bits per heavy atom. The molecule has 1 aromatic carbocycles. The molecule has 0 saturated carbocycles. The molecule has 0 fully saturated rings. The van der Waals surface area contributed by atoms with Gasteiger partial charge >= 0.3 is 6.36 Å². The molecule has 19 heavy (non-hydrogen) atoms. The first-order chi connectivity index (χ1) is 8.98. The van der Waals surface area contributed by atoms with Gasteiger partial charge in [0.15, 0.2) is 0 Å². The van der Waals surface area contributed by atoms with Crippen LogP contribution in [-0.4, -0.2) is 18.5 Å². The highest BCUT2D eigenvalue weighted by molar-refractivity contribution is 5.64. The molecule has 0 radical (unpaired) electrons. The van der Waals surface area contributed by atoms with Crippen molar-refractivity contribution in [3.8, 4) is 22.6 Å². The van der Waals surface area contributed by atoms with Crippen LogP contribution in [0.1, 0.15) is 0 Å². The largest absolute Gasteiger partial charge is 0.573 e. The van der Waals surface area contributed by atoms with Crippen LogP contribution in [0.4, 0.5) is 13.2 Å². The number of halogens is 3. The fourth-order valence-electron chi connectivity index (χ4n) is 1.54. The summed E-state index contributed by atoms with van der Waals surface area (Å²) in [5, 5.41) is 0. The summed E-state index contributed by atoms with van der Waals surface area (Å²) in [5.41, 5.74) is 1.47. The summed E-state index contributed by atoms with van der Waals surface area (Å²) in [6.07, 6.45) is -1.54. The summed E-state index contributed by atoms with van der Waals surface area (Å²) in [6.45, 7) is 0. The van der Waals surface area contributed by atoms with Gasteiger partial charge < -0.3 is 9.47 Å². The Morgan fingerprint density at radius 2 is 1.63 bits per heavy atom. The molecule has 0 N–H and O–H groups in total. The predicted octanol–water partition coefficient (Wildman–Crippen LogP) is 3.66. The maximum Gasteiger partial charge on any atom is 0.573 e. The highest BCUT2D eigenvalue weighted by Gasteiger charge is 2.30. The van der Waals surface area contributed by atoms with E-state index in [9.17, 15) is 13.2 Å². The Hall–Kier alpha value is -2.24. The number of aromatic nitrogens is 1. The van der Waals surface area contributed by atoms with E-state index in [1.807, 2.05) is 0 Å². The number of alkyl halides is 3. The molecular weight excluding hydrogens is 259 g/mol. The lowest BCUT2D eigenvalue weighted by molar-refractivity contribution is -0.274. The zero-order valence-corrected chi connectivity index (χ0v) is 9.94. The number of methoxy groups -OCH3 is 1. The third-order valence-electron chi connectivity index (χ3n) is 2.37. The van der Waals surface area contributed by atoms with Gasteiger partial charge in [-0.2, -0.15) is 0 Å². The lowest BCUT2D eigenvalue weighted by Gasteiger charge is -2.09. The molecule has 1 aromatic heterocycles. The zero-order chi connectivity index (χ0) is 13.9. The van der Waals surface area contributed by atoms with Gasteiger partial charge in [0, 0.05) is 11.8 Å². The quantitative estimate of drug-likeness (QED) is 0.852. The molecule has 1 heterocycles. The summed E-state index contributed by atoms with van der Waals surface area (Å²) < 4.78 is 44.9. The smallest absolute Gasteiger partial charge is 0.495 e. The summed E-state index contributed by atoms with van der Waals surface area (Å²) in [7, 11) is 1.51. The lowest BCUT2D eigenvalue weighted by Crippen LogP contribution is -2.16. The molecule has 0 atom stereocenters. The summed E-state index contributed by atoms with van der Waals surface area (Å²) in [6, 6.07) is 7.30. The van der Waals surface area contributed by atoms with E-state index in [0.29, 0.717) is 5.75 Å². The molecule has 0 spiro atoms. The van der Waals surface area contributed by atoms with E-state index in [2.05, 4.69) is 9.72 Å². The molecule has 0 aliphatic rings. The molecule has 0 bridgehead atoms. The number of hydrogen-bond donors (Lipinski definition) is 0. The van der Waals surface area contributed by atoms with Crippen molar-refractivity contribution in [2.24, 2.45) is 0 Å². The van der Waals surface area contributed by atoms with Crippen LogP contribution >= 0.6 is 0 Å². The SMILES string of the molecule is COc1cncc(-c2ccc(OC(F)(F)F)cc2)c1. The Labute approximate surface area is 107 Å². The van der Waals surface area contributed by atoms with Crippen LogP contribution in [0.3, 0.4) is 0 Å². The minimum absolute atomic E-state index is 0.257. The Bertz CT molecular complexity index is 553. The van der Waals surface area contributed by atoms with Gasteiger partial charge in [0.25, 0.3) is 0 Å². The van der Waals surface area contributed by atoms with Crippen LogP contribution in [0.2, 0.25) is 0 Å². The number of pyridine rings is 1. The highest BCUT2D eigenvalue weighted by Crippen LogP contribution is 2.27. The topological polar surface area (TPSA) is 31.4 Å². The van der Waals surface area contributed by atoms with Gasteiger partial charge in [-0.15, -0.1) is 13.2 Å². The van der Waals surface area contributed by atoms with Crippen molar-refractivity contribution in [3.63, 3.8) is 0 Å². The van der Waals surface area contributed by atoms with Gasteiger partial charge in [-0.1, -0.05) is 12.1 Å². The number of ether oxygens (including phenoxy) is 2. The standard InChI is InChI=1S/C13H10F3NO2/c1-18-12-6-10(7-17-8-12)9-2-4-11(5-3-9)19-13(14,15)16/h2-8H,1H3. The van der Waals surface area contributed by atoms with Crippen molar-refractivity contribution in [1.82, 2.24) is 4.98 Å². The van der Waals surface area contributed by atoms with E-state index in [1.165, 1.54) is 31.4 Å². The van der Waals surface area contributed by atoms with E-state index in [-0.39, 0.29) is 5.75 Å². The van der Waals surface area contributed by atoms with Crippen molar-refractivity contribution in [3.05, 3.63) is 42.7 Å². The molecule has 3 nitrogen and oxygen atoms in total. The Kier molecular flexibility index (Phi) is 3.59. The van der Waals surface area contributed by atoms with Gasteiger partial charge in [-0.05, 0) is 23.8 Å². The van der Waals surface area contributed by atoms with Gasteiger partial charge in [0.1, 0.15) is 11.5 Å². The van der Waals surface area contributed by atoms with Crippen LogP contribution in [0.15, 0.2) is 42.7 Å². The molecule has 0 unspecified atom stereocenters. The lowest BCUT2D eigenvalue weighted by atomic mass is 10.1. The normalized spacial score (nSPS) is 11.2. The third kappa shape index (κ3) is 3.61. The Morgan fingerprint density at radius 3 is 2.21 bits per heavy atom. The number of rotatable bonds is 3. The fourth-order valence-corrected chi connectivity index (χ4v) is 1.54. The first-order valence-electron chi connectivity index (χ1n) is 5.33. The number of benzene rings is 1. The predicted molar refractivity (Wildman–Crippen MR) is 62.9 cm³/mol. The van der Waals surface area contributed by atoms with Gasteiger partial charge in [0.05, 0.1) is 13.3 Å². The third-order valence-corrected chi connectivity index (χ3v) is 2.37. The van der Waals surface area contributed by atoms with Crippen molar-refractivity contribution in [2.75, 3.05) is 7.11 Å². The van der Waals surface area contributed by atoms with Crippen LogP contribution in [-0.2, 0) is 0 Å². The Balaban J connectivity index is 2.22. The van der Waals surface area contributed by atoms with E-state index in [1.54, 1.807) is 18.5 Å². The molecule has 2 rings (SSSR count). The molecule has 2 aromatic rings. The van der Waals surface area contributed by atoms with E-state index in [0.717, 1.165) is 11.1 Å². The molecule has 0 aliphatic heterocycles. The van der Waals surface area contributed by atoms with Gasteiger partial charge in [0.2, 0.25) is 0 Å². The van der Waals surface area contributed by atoms with Crippen LogP contribution < -0.4 is 9.47 Å². The zero-order valence-electron chi connectivity index (χ0n) is 9.94. The second-order valence-electron chi connectivity index (χ2n) is 3.69. The molecule has 0 saturated heterocycles. The maximum absolute atomic E-state index is 12.0. The van der Waals surface area contributed by atoms with Crippen LogP contribution in [0.25, 0.3) is 11.1 Å². The van der Waals surface area contributed by atoms with E-state index in [4.69, 9.17) is 4.74 Å². The number of nitrogens with zero attached hydrogens (tertiary/aromatic N) is 1. The highest BCUT2D eigenvalue weighted by atomic mass is 19.4. The first kappa shape index (κ1) is 13.2. The maximum atomic E-state index is 12.0. The van der Waals surface area contributed by atoms with E-state index < -0.39 is 6.36 Å². The summed E-state index contributed by atoms with van der Waals surface area (Å²) in [4.78, 5) is 3.98. The summed E-state index contributed by atoms with van der Waals surface area (Å²) in [5.74, 6) is 0.320. The van der Waals surface area contributed by atoms with Gasteiger partial charge in [-0.25, -0.2) is 0 Å². The van der Waals surface area contributed by atoms with Gasteiger partial charge in [-0.3, -0.25) is 4.98 Å². The molecule has 6 heteroatoms. The summed E-state index contributed by atoms with van der Waals surface area (Å²) >= 11 is 0. The first-order valence-corrected chi connectivity index (χ1v) is 5.33. The molecule has 0 amide bonds. The van der Waals surface area contributed by atoms with Crippen molar-refractivity contribution in [2.45, 2.75) is 6.36 Å². The van der Waals surface area contributed by atoms with Crippen molar-refractivity contribution >= 4 is 0 Å². The monoisotopic (exact) mass is 269 g/mol. The van der Waals surface area contributed by atoms with E-state index >= 15 is 0 Å². The van der Waals surface area contributed by atoms with Crippen LogP contribution in [0, 0.1) is 0 Å². The second-order valence-corrected chi connectivity index (χ2v) is 3.69. The van der Waals surface area contributed by atoms with Crippen molar-refractivity contribution < 1.29 is 22.6 Å². The molecule has 100 valence electrons. The molecule has 0 aliphatic carbocycles. The minimum atomic E-state index is -4.68. The molecular formula is C13H10F3NO2. The second kappa shape index (κ2) is 5.17. The van der Waals surface area contributed by atoms with Crippen molar-refractivity contribution in [1.29, 1.82) is 0 Å². The van der Waals surface area contributed by atoms with Crippen LogP contribution in [0.5, 0.6) is 11.5 Å². The average molecular weight is 269 g/mol. The average Bonchev–Trinajstić information content (AvgIpc) is 2.38.